The van der Waals surface area contributed by atoms with Gasteiger partial charge in [-0.2, -0.15) is 0 Å². The average molecular weight is 265 g/mol. The number of carbonyl (C=O) groups is 2. The summed E-state index contributed by atoms with van der Waals surface area (Å²) < 4.78 is 5.37. The number of hydrogen-bond acceptors (Lipinski definition) is 4. The number of amides is 3. The van der Waals surface area contributed by atoms with Gasteiger partial charge < -0.3 is 15.8 Å². The number of benzene rings is 1. The molecule has 0 aliphatic carbocycles. The van der Waals surface area contributed by atoms with Crippen LogP contribution in [0.2, 0.25) is 0 Å². The Hall–Kier alpha value is -2.08. The van der Waals surface area contributed by atoms with E-state index in [1.165, 1.54) is 0 Å². The van der Waals surface area contributed by atoms with Gasteiger partial charge in [-0.15, -0.1) is 0 Å². The molecule has 1 rings (SSSR count). The second-order valence-electron chi connectivity index (χ2n) is 4.34. The van der Waals surface area contributed by atoms with Gasteiger partial charge in [-0.25, -0.2) is 4.79 Å². The molecule has 6 nitrogen and oxygen atoms in total. The molecule has 0 heterocycles. The zero-order valence-electron chi connectivity index (χ0n) is 11.1. The molecule has 0 bridgehead atoms. The molecule has 4 N–H and O–H groups in total. The molecule has 0 radical (unpaired) electrons. The zero-order chi connectivity index (χ0) is 14.3. The van der Waals surface area contributed by atoms with E-state index >= 15 is 0 Å². The number of primary amides is 1. The van der Waals surface area contributed by atoms with Gasteiger partial charge in [-0.3, -0.25) is 10.1 Å². The molecule has 6 heteroatoms. The fraction of sp³-hybridized carbons (Fsp3) is 0.385. The minimum atomic E-state index is -0.886. The van der Waals surface area contributed by atoms with E-state index in [-0.39, 0.29) is 6.61 Å². The van der Waals surface area contributed by atoms with Crippen molar-refractivity contribution < 1.29 is 14.3 Å². The highest BCUT2D eigenvalue weighted by Gasteiger charge is 2.08. The standard InChI is InChI=1S/C13H19N3O3/c1-9(2)15-7-10-5-3-4-6-11(10)19-8-12(17)16-13(14)18/h3-6,9,15H,7-8H2,1-2H3,(H3,14,16,17,18). The van der Waals surface area contributed by atoms with E-state index in [0.717, 1.165) is 5.56 Å². The number of para-hydroxylation sites is 1. The maximum absolute atomic E-state index is 11.3. The Morgan fingerprint density at radius 3 is 2.63 bits per heavy atom. The van der Waals surface area contributed by atoms with Crippen molar-refractivity contribution >= 4 is 11.9 Å². The van der Waals surface area contributed by atoms with Crippen LogP contribution in [0.15, 0.2) is 24.3 Å². The van der Waals surface area contributed by atoms with Crippen molar-refractivity contribution in [3.05, 3.63) is 29.8 Å². The lowest BCUT2D eigenvalue weighted by Gasteiger charge is -2.13. The molecule has 3 amide bonds. The summed E-state index contributed by atoms with van der Waals surface area (Å²) in [5.74, 6) is 0.0365. The van der Waals surface area contributed by atoms with E-state index in [9.17, 15) is 9.59 Å². The Bertz CT molecular complexity index is 447. The Labute approximate surface area is 112 Å². The molecule has 0 aliphatic heterocycles. The third kappa shape index (κ3) is 5.87. The summed E-state index contributed by atoms with van der Waals surface area (Å²) in [6, 6.07) is 6.87. The lowest BCUT2D eigenvalue weighted by atomic mass is 10.2. The average Bonchev–Trinajstić information content (AvgIpc) is 2.34. The lowest BCUT2D eigenvalue weighted by Crippen LogP contribution is -2.38. The quantitative estimate of drug-likeness (QED) is 0.708. The minimum absolute atomic E-state index is 0.248. The van der Waals surface area contributed by atoms with Crippen molar-refractivity contribution in [2.24, 2.45) is 5.73 Å². The van der Waals surface area contributed by atoms with Gasteiger partial charge in [0.15, 0.2) is 6.61 Å². The van der Waals surface area contributed by atoms with E-state index < -0.39 is 11.9 Å². The first-order valence-electron chi connectivity index (χ1n) is 6.02. The van der Waals surface area contributed by atoms with Crippen LogP contribution in [0.3, 0.4) is 0 Å². The van der Waals surface area contributed by atoms with Crippen molar-refractivity contribution in [1.82, 2.24) is 10.6 Å². The van der Waals surface area contributed by atoms with Crippen LogP contribution in [0.4, 0.5) is 4.79 Å². The topological polar surface area (TPSA) is 93.4 Å². The van der Waals surface area contributed by atoms with E-state index in [1.807, 2.05) is 37.4 Å². The molecule has 19 heavy (non-hydrogen) atoms. The number of hydrogen-bond donors (Lipinski definition) is 3. The summed E-state index contributed by atoms with van der Waals surface area (Å²) in [5.41, 5.74) is 5.78. The molecule has 1 aromatic carbocycles. The van der Waals surface area contributed by atoms with Crippen molar-refractivity contribution in [3.63, 3.8) is 0 Å². The molecular formula is C13H19N3O3. The summed E-state index contributed by atoms with van der Waals surface area (Å²) in [4.78, 5) is 21.7. The zero-order valence-corrected chi connectivity index (χ0v) is 11.1. The fourth-order valence-electron chi connectivity index (χ4n) is 1.42. The molecule has 1 aromatic rings. The fourth-order valence-corrected chi connectivity index (χ4v) is 1.42. The normalized spacial score (nSPS) is 10.3. The molecule has 0 aliphatic rings. The van der Waals surface area contributed by atoms with Crippen LogP contribution in [0, 0.1) is 0 Å². The largest absolute Gasteiger partial charge is 0.483 e. The predicted molar refractivity (Wildman–Crippen MR) is 71.6 cm³/mol. The molecule has 104 valence electrons. The van der Waals surface area contributed by atoms with Gasteiger partial charge in [0.05, 0.1) is 0 Å². The first-order chi connectivity index (χ1) is 8.99. The van der Waals surface area contributed by atoms with Crippen LogP contribution in [-0.4, -0.2) is 24.6 Å². The molecule has 0 saturated heterocycles. The second kappa shape index (κ2) is 7.38. The van der Waals surface area contributed by atoms with Gasteiger partial charge >= 0.3 is 6.03 Å². The van der Waals surface area contributed by atoms with Gasteiger partial charge in [-0.05, 0) is 6.07 Å². The summed E-state index contributed by atoms with van der Waals surface area (Å²) in [6.45, 7) is 4.49. The SMILES string of the molecule is CC(C)NCc1ccccc1OCC(=O)NC(N)=O. The summed E-state index contributed by atoms with van der Waals surface area (Å²) in [5, 5.41) is 5.21. The van der Waals surface area contributed by atoms with Crippen molar-refractivity contribution in [1.29, 1.82) is 0 Å². The van der Waals surface area contributed by atoms with E-state index in [2.05, 4.69) is 5.32 Å². The minimum Gasteiger partial charge on any atom is -0.483 e. The van der Waals surface area contributed by atoms with Crippen LogP contribution >= 0.6 is 0 Å². The first-order valence-corrected chi connectivity index (χ1v) is 6.02. The molecule has 0 atom stereocenters. The van der Waals surface area contributed by atoms with Crippen LogP contribution < -0.4 is 21.1 Å². The molecule has 0 unspecified atom stereocenters. The Kier molecular flexibility index (Phi) is 5.81. The van der Waals surface area contributed by atoms with Crippen LogP contribution in [0.5, 0.6) is 5.75 Å². The van der Waals surface area contributed by atoms with Crippen molar-refractivity contribution in [2.45, 2.75) is 26.4 Å². The van der Waals surface area contributed by atoms with Gasteiger partial charge in [0, 0.05) is 18.2 Å². The van der Waals surface area contributed by atoms with Crippen LogP contribution in [0.25, 0.3) is 0 Å². The number of carbonyl (C=O) groups excluding carboxylic acids is 2. The number of ether oxygens (including phenoxy) is 1. The number of rotatable bonds is 6. The highest BCUT2D eigenvalue weighted by molar-refractivity contribution is 5.94. The first kappa shape index (κ1) is 15.0. The van der Waals surface area contributed by atoms with E-state index in [0.29, 0.717) is 18.3 Å². The van der Waals surface area contributed by atoms with Gasteiger partial charge in [0.25, 0.3) is 5.91 Å². The van der Waals surface area contributed by atoms with Crippen LogP contribution in [0.1, 0.15) is 19.4 Å². The monoisotopic (exact) mass is 265 g/mol. The van der Waals surface area contributed by atoms with Gasteiger partial charge in [0.2, 0.25) is 0 Å². The number of nitrogens with one attached hydrogen (secondary N) is 2. The third-order valence-corrected chi connectivity index (χ3v) is 2.29. The number of urea groups is 1. The molecule has 0 saturated carbocycles. The smallest absolute Gasteiger partial charge is 0.318 e. The van der Waals surface area contributed by atoms with Gasteiger partial charge in [-0.1, -0.05) is 32.0 Å². The lowest BCUT2D eigenvalue weighted by molar-refractivity contribution is -0.121. The van der Waals surface area contributed by atoms with Crippen molar-refractivity contribution in [3.8, 4) is 5.75 Å². The van der Waals surface area contributed by atoms with Crippen LogP contribution in [-0.2, 0) is 11.3 Å². The Morgan fingerprint density at radius 1 is 1.32 bits per heavy atom. The Balaban J connectivity index is 2.57. The molecule has 0 fully saturated rings. The maximum atomic E-state index is 11.3. The van der Waals surface area contributed by atoms with E-state index in [4.69, 9.17) is 10.5 Å². The molecule has 0 aromatic heterocycles. The van der Waals surface area contributed by atoms with Crippen molar-refractivity contribution in [2.75, 3.05) is 6.61 Å². The summed E-state index contributed by atoms with van der Waals surface area (Å²) in [7, 11) is 0. The molecule has 0 spiro atoms. The number of imide groups is 1. The highest BCUT2D eigenvalue weighted by Crippen LogP contribution is 2.17. The Morgan fingerprint density at radius 2 is 2.00 bits per heavy atom. The predicted octanol–water partition coefficient (Wildman–Crippen LogP) is 0.758. The highest BCUT2D eigenvalue weighted by atomic mass is 16.5. The van der Waals surface area contributed by atoms with E-state index in [1.54, 1.807) is 6.07 Å². The maximum Gasteiger partial charge on any atom is 0.318 e. The third-order valence-electron chi connectivity index (χ3n) is 2.29. The molecular weight excluding hydrogens is 246 g/mol. The number of nitrogens with two attached hydrogens (primary N) is 1. The summed E-state index contributed by atoms with van der Waals surface area (Å²) >= 11 is 0. The summed E-state index contributed by atoms with van der Waals surface area (Å²) in [6.07, 6.45) is 0. The van der Waals surface area contributed by atoms with Gasteiger partial charge in [0.1, 0.15) is 5.75 Å². The second-order valence-corrected chi connectivity index (χ2v) is 4.34.